The number of hydrogen-bond acceptors (Lipinski definition) is 5. The maximum absolute atomic E-state index is 12.2. The van der Waals surface area contributed by atoms with E-state index in [1.807, 2.05) is 6.92 Å². The second kappa shape index (κ2) is 5.41. The number of carboxylic acid groups (broad SMARTS) is 1. The standard InChI is InChI=1S/C12H14N4O3S/c1-4-16-8(5-6(2)14-16)10(17)13-11-9(12(18)19)7(3)15-20-11/h5H,4H2,1-3H3,(H,13,17)(H,18,19). The van der Waals surface area contributed by atoms with Crippen molar-refractivity contribution in [3.63, 3.8) is 0 Å². The number of rotatable bonds is 4. The van der Waals surface area contributed by atoms with Crippen LogP contribution in [0.25, 0.3) is 0 Å². The molecule has 0 aliphatic carbocycles. The van der Waals surface area contributed by atoms with Gasteiger partial charge in [-0.3, -0.25) is 9.48 Å². The number of aromatic nitrogens is 3. The van der Waals surface area contributed by atoms with Crippen LogP contribution in [0.2, 0.25) is 0 Å². The second-order valence-electron chi connectivity index (χ2n) is 4.22. The second-order valence-corrected chi connectivity index (χ2v) is 4.99. The van der Waals surface area contributed by atoms with Gasteiger partial charge in [0.2, 0.25) is 0 Å². The summed E-state index contributed by atoms with van der Waals surface area (Å²) in [5.41, 5.74) is 1.55. The molecule has 0 atom stereocenters. The third kappa shape index (κ3) is 2.55. The number of carbonyl (C=O) groups is 2. The van der Waals surface area contributed by atoms with E-state index >= 15 is 0 Å². The van der Waals surface area contributed by atoms with Crippen LogP contribution in [-0.2, 0) is 6.54 Å². The quantitative estimate of drug-likeness (QED) is 0.898. The Morgan fingerprint density at radius 1 is 1.45 bits per heavy atom. The predicted octanol–water partition coefficient (Wildman–Crippen LogP) is 1.93. The Balaban J connectivity index is 2.30. The molecular formula is C12H14N4O3S. The molecule has 0 saturated carbocycles. The van der Waals surface area contributed by atoms with Crippen molar-refractivity contribution >= 4 is 28.4 Å². The fraction of sp³-hybridized carbons (Fsp3) is 0.333. The zero-order valence-electron chi connectivity index (χ0n) is 11.3. The summed E-state index contributed by atoms with van der Waals surface area (Å²) in [6.45, 7) is 5.82. The highest BCUT2D eigenvalue weighted by Crippen LogP contribution is 2.25. The van der Waals surface area contributed by atoms with E-state index in [1.54, 1.807) is 24.6 Å². The van der Waals surface area contributed by atoms with Crippen LogP contribution >= 0.6 is 11.5 Å². The molecule has 0 aromatic carbocycles. The third-order valence-electron chi connectivity index (χ3n) is 2.74. The van der Waals surface area contributed by atoms with Gasteiger partial charge in [-0.1, -0.05) is 0 Å². The molecule has 2 rings (SSSR count). The molecule has 0 aliphatic heterocycles. The summed E-state index contributed by atoms with van der Waals surface area (Å²) in [5.74, 6) is -1.50. The molecule has 0 saturated heterocycles. The summed E-state index contributed by atoms with van der Waals surface area (Å²) < 4.78 is 5.52. The Morgan fingerprint density at radius 2 is 2.15 bits per heavy atom. The maximum atomic E-state index is 12.2. The van der Waals surface area contributed by atoms with Gasteiger partial charge < -0.3 is 10.4 Å². The molecule has 0 fully saturated rings. The van der Waals surface area contributed by atoms with Crippen LogP contribution in [0.5, 0.6) is 0 Å². The van der Waals surface area contributed by atoms with E-state index in [4.69, 9.17) is 5.11 Å². The lowest BCUT2D eigenvalue weighted by Crippen LogP contribution is -2.18. The van der Waals surface area contributed by atoms with Crippen molar-refractivity contribution in [2.75, 3.05) is 5.32 Å². The van der Waals surface area contributed by atoms with Crippen LogP contribution in [0.3, 0.4) is 0 Å². The summed E-state index contributed by atoms with van der Waals surface area (Å²) in [7, 11) is 0. The van der Waals surface area contributed by atoms with Crippen LogP contribution in [-0.4, -0.2) is 31.1 Å². The smallest absolute Gasteiger partial charge is 0.340 e. The molecule has 2 N–H and O–H groups in total. The van der Waals surface area contributed by atoms with E-state index in [0.717, 1.165) is 17.2 Å². The normalized spacial score (nSPS) is 10.6. The molecular weight excluding hydrogens is 280 g/mol. The number of carboxylic acids is 1. The van der Waals surface area contributed by atoms with Gasteiger partial charge in [0, 0.05) is 6.54 Å². The van der Waals surface area contributed by atoms with Crippen molar-refractivity contribution in [2.45, 2.75) is 27.3 Å². The lowest BCUT2D eigenvalue weighted by atomic mass is 10.2. The van der Waals surface area contributed by atoms with Crippen LogP contribution in [0.1, 0.15) is 39.2 Å². The van der Waals surface area contributed by atoms with Gasteiger partial charge in [0.1, 0.15) is 16.3 Å². The van der Waals surface area contributed by atoms with Crippen molar-refractivity contribution in [3.8, 4) is 0 Å². The number of aromatic carboxylic acids is 1. The average Bonchev–Trinajstić information content (AvgIpc) is 2.92. The molecule has 7 nitrogen and oxygen atoms in total. The Hall–Kier alpha value is -2.22. The summed E-state index contributed by atoms with van der Waals surface area (Å²) in [6.07, 6.45) is 0. The molecule has 2 aromatic heterocycles. The van der Waals surface area contributed by atoms with Gasteiger partial charge in [-0.05, 0) is 38.4 Å². The van der Waals surface area contributed by atoms with Crippen molar-refractivity contribution in [2.24, 2.45) is 0 Å². The largest absolute Gasteiger partial charge is 0.478 e. The minimum Gasteiger partial charge on any atom is -0.478 e. The summed E-state index contributed by atoms with van der Waals surface area (Å²) in [5, 5.41) is 16.1. The Kier molecular flexibility index (Phi) is 3.84. The molecule has 1 amide bonds. The highest BCUT2D eigenvalue weighted by molar-refractivity contribution is 7.11. The molecule has 2 aromatic rings. The highest BCUT2D eigenvalue weighted by atomic mass is 32.1. The first kappa shape index (κ1) is 14.2. The maximum Gasteiger partial charge on any atom is 0.340 e. The van der Waals surface area contributed by atoms with Crippen LogP contribution in [0.4, 0.5) is 5.00 Å². The number of aryl methyl sites for hydroxylation is 3. The van der Waals surface area contributed by atoms with Gasteiger partial charge in [-0.25, -0.2) is 4.79 Å². The van der Waals surface area contributed by atoms with Gasteiger partial charge >= 0.3 is 5.97 Å². The number of carbonyl (C=O) groups excluding carboxylic acids is 1. The molecule has 0 radical (unpaired) electrons. The van der Waals surface area contributed by atoms with Crippen LogP contribution < -0.4 is 5.32 Å². The van der Waals surface area contributed by atoms with Crippen molar-refractivity contribution in [1.29, 1.82) is 0 Å². The molecule has 20 heavy (non-hydrogen) atoms. The van der Waals surface area contributed by atoms with Gasteiger partial charge in [0.25, 0.3) is 5.91 Å². The van der Waals surface area contributed by atoms with E-state index in [1.165, 1.54) is 0 Å². The van der Waals surface area contributed by atoms with E-state index in [9.17, 15) is 9.59 Å². The predicted molar refractivity (Wildman–Crippen MR) is 74.4 cm³/mol. The van der Waals surface area contributed by atoms with Crippen molar-refractivity contribution in [1.82, 2.24) is 14.2 Å². The zero-order chi connectivity index (χ0) is 14.9. The Labute approximate surface area is 119 Å². The van der Waals surface area contributed by atoms with Crippen molar-refractivity contribution in [3.05, 3.63) is 28.7 Å². The first-order valence-corrected chi connectivity index (χ1v) is 6.76. The monoisotopic (exact) mass is 294 g/mol. The minimum atomic E-state index is -1.10. The third-order valence-corrected chi connectivity index (χ3v) is 3.59. The number of amides is 1. The molecule has 106 valence electrons. The van der Waals surface area contributed by atoms with E-state index in [0.29, 0.717) is 17.9 Å². The topological polar surface area (TPSA) is 97.1 Å². The van der Waals surface area contributed by atoms with E-state index in [2.05, 4.69) is 14.8 Å². The summed E-state index contributed by atoms with van der Waals surface area (Å²) >= 11 is 0.955. The van der Waals surface area contributed by atoms with Crippen molar-refractivity contribution < 1.29 is 14.7 Å². The molecule has 0 aliphatic rings. The highest BCUT2D eigenvalue weighted by Gasteiger charge is 2.21. The number of anilines is 1. The van der Waals surface area contributed by atoms with Gasteiger partial charge in [0.05, 0.1) is 11.4 Å². The molecule has 0 unspecified atom stereocenters. The number of nitrogens with zero attached hydrogens (tertiary/aromatic N) is 3. The van der Waals surface area contributed by atoms with E-state index < -0.39 is 11.9 Å². The first-order valence-electron chi connectivity index (χ1n) is 5.99. The Morgan fingerprint density at radius 3 is 2.75 bits per heavy atom. The first-order chi connectivity index (χ1) is 9.43. The minimum absolute atomic E-state index is 0.0302. The Bertz CT molecular complexity index is 674. The lowest BCUT2D eigenvalue weighted by Gasteiger charge is -2.05. The molecule has 2 heterocycles. The van der Waals surface area contributed by atoms with Crippen LogP contribution in [0, 0.1) is 13.8 Å². The SMILES string of the molecule is CCn1nc(C)cc1C(=O)Nc1snc(C)c1C(=O)O. The van der Waals surface area contributed by atoms with Crippen LogP contribution in [0.15, 0.2) is 6.07 Å². The number of hydrogen-bond donors (Lipinski definition) is 2. The fourth-order valence-electron chi connectivity index (χ4n) is 1.84. The number of nitrogens with one attached hydrogen (secondary N) is 1. The van der Waals surface area contributed by atoms with Gasteiger partial charge in [0.15, 0.2) is 0 Å². The fourth-order valence-corrected chi connectivity index (χ4v) is 2.63. The molecule has 8 heteroatoms. The van der Waals surface area contributed by atoms with Gasteiger partial charge in [-0.2, -0.15) is 9.47 Å². The zero-order valence-corrected chi connectivity index (χ0v) is 12.1. The molecule has 0 bridgehead atoms. The summed E-state index contributed by atoms with van der Waals surface area (Å²) in [4.78, 5) is 23.4. The molecule has 0 spiro atoms. The average molecular weight is 294 g/mol. The lowest BCUT2D eigenvalue weighted by molar-refractivity contribution is 0.0697. The van der Waals surface area contributed by atoms with E-state index in [-0.39, 0.29) is 10.6 Å². The summed E-state index contributed by atoms with van der Waals surface area (Å²) in [6, 6.07) is 1.66. The van der Waals surface area contributed by atoms with Gasteiger partial charge in [-0.15, -0.1) is 0 Å².